The van der Waals surface area contributed by atoms with Gasteiger partial charge >= 0.3 is 5.97 Å². The number of ether oxygens (including phenoxy) is 1. The van der Waals surface area contributed by atoms with Gasteiger partial charge in [0.15, 0.2) is 8.32 Å². The molecule has 0 bridgehead atoms. The number of rotatable bonds is 4. The lowest BCUT2D eigenvalue weighted by atomic mass is 10.2. The van der Waals surface area contributed by atoms with E-state index in [0.29, 0.717) is 0 Å². The number of carbonyl (C=O) groups is 2. The fraction of sp³-hybridized carbons (Fsp3) is 0.867. The third kappa shape index (κ3) is 4.08. The minimum Gasteiger partial charge on any atom is -0.467 e. The van der Waals surface area contributed by atoms with Crippen molar-refractivity contribution in [3.8, 4) is 0 Å². The molecule has 0 aromatic heterocycles. The van der Waals surface area contributed by atoms with Crippen molar-refractivity contribution in [3.05, 3.63) is 0 Å². The summed E-state index contributed by atoms with van der Waals surface area (Å²) in [6.45, 7) is 12.3. The zero-order valence-electron chi connectivity index (χ0n) is 14.7. The molecule has 0 radical (unpaired) electrons. The lowest BCUT2D eigenvalue weighted by Crippen LogP contribution is -2.51. The van der Waals surface area contributed by atoms with Gasteiger partial charge in [-0.05, 0) is 25.1 Å². The Morgan fingerprint density at radius 2 is 1.86 bits per heavy atom. The van der Waals surface area contributed by atoms with Crippen LogP contribution in [0.2, 0.25) is 18.1 Å². The van der Waals surface area contributed by atoms with E-state index < -0.39 is 32.5 Å². The highest BCUT2D eigenvalue weighted by molar-refractivity contribution is 6.74. The minimum absolute atomic E-state index is 0.00614. The Morgan fingerprint density at radius 1 is 1.32 bits per heavy atom. The topological polar surface area (TPSA) is 76.1 Å². The van der Waals surface area contributed by atoms with Crippen LogP contribution in [0.1, 0.15) is 34.1 Å². The normalized spacial score (nSPS) is 24.3. The van der Waals surface area contributed by atoms with Gasteiger partial charge in [0.1, 0.15) is 12.1 Å². The summed E-state index contributed by atoms with van der Waals surface area (Å²) in [5, 5.41) is 9.77. The summed E-state index contributed by atoms with van der Waals surface area (Å²) in [5.74, 6) is -0.763. The first kappa shape index (κ1) is 19.1. The number of amides is 1. The Morgan fingerprint density at radius 3 is 2.32 bits per heavy atom. The monoisotopic (exact) mass is 331 g/mol. The Bertz CT molecular complexity index is 432. The van der Waals surface area contributed by atoms with Gasteiger partial charge in [0, 0.05) is 13.0 Å². The Hall–Kier alpha value is -0.923. The maximum absolute atomic E-state index is 12.6. The third-order valence-corrected chi connectivity index (χ3v) is 9.22. The highest BCUT2D eigenvalue weighted by Gasteiger charge is 2.44. The first-order chi connectivity index (χ1) is 9.90. The van der Waals surface area contributed by atoms with Crippen LogP contribution in [0.25, 0.3) is 0 Å². The number of hydrogen-bond donors (Lipinski definition) is 1. The predicted molar refractivity (Wildman–Crippen MR) is 85.9 cm³/mol. The molecule has 0 aromatic carbocycles. The van der Waals surface area contributed by atoms with Crippen LogP contribution in [0.5, 0.6) is 0 Å². The average molecular weight is 331 g/mol. The molecular formula is C15H29NO5Si. The van der Waals surface area contributed by atoms with Gasteiger partial charge in [0.25, 0.3) is 5.91 Å². The van der Waals surface area contributed by atoms with Crippen molar-refractivity contribution in [1.29, 1.82) is 0 Å². The summed E-state index contributed by atoms with van der Waals surface area (Å²) < 4.78 is 10.8. The minimum atomic E-state index is -2.08. The molecule has 1 fully saturated rings. The van der Waals surface area contributed by atoms with Crippen LogP contribution in [-0.2, 0) is 18.8 Å². The first-order valence-electron chi connectivity index (χ1n) is 7.65. The highest BCUT2D eigenvalue weighted by Crippen LogP contribution is 2.37. The van der Waals surface area contributed by atoms with Gasteiger partial charge in [0.05, 0.1) is 13.2 Å². The van der Waals surface area contributed by atoms with Crippen molar-refractivity contribution in [2.45, 2.75) is 70.5 Å². The maximum atomic E-state index is 12.6. The van der Waals surface area contributed by atoms with E-state index in [1.807, 2.05) is 0 Å². The molecule has 1 aliphatic heterocycles. The summed E-state index contributed by atoms with van der Waals surface area (Å²) in [4.78, 5) is 25.8. The largest absolute Gasteiger partial charge is 0.467 e. The van der Waals surface area contributed by atoms with Gasteiger partial charge in [-0.3, -0.25) is 4.79 Å². The van der Waals surface area contributed by atoms with Gasteiger partial charge in [-0.1, -0.05) is 20.8 Å². The zero-order chi connectivity index (χ0) is 17.3. The molecule has 1 amide bonds. The van der Waals surface area contributed by atoms with Gasteiger partial charge in [-0.25, -0.2) is 4.79 Å². The van der Waals surface area contributed by atoms with Crippen LogP contribution in [0, 0.1) is 0 Å². The molecule has 128 valence electrons. The fourth-order valence-corrected chi connectivity index (χ4v) is 3.66. The molecule has 1 heterocycles. The van der Waals surface area contributed by atoms with Crippen LogP contribution >= 0.6 is 0 Å². The third-order valence-electron chi connectivity index (χ3n) is 4.66. The average Bonchev–Trinajstić information content (AvgIpc) is 2.77. The van der Waals surface area contributed by atoms with E-state index in [0.717, 1.165) is 0 Å². The molecule has 1 aliphatic rings. The molecule has 0 aromatic rings. The summed E-state index contributed by atoms with van der Waals surface area (Å²) in [6, 6.07) is -0.724. The maximum Gasteiger partial charge on any atom is 0.328 e. The number of nitrogens with zero attached hydrogens (tertiary/aromatic N) is 1. The van der Waals surface area contributed by atoms with Gasteiger partial charge in [-0.2, -0.15) is 0 Å². The fourth-order valence-electron chi connectivity index (χ4n) is 2.32. The molecule has 3 atom stereocenters. The van der Waals surface area contributed by atoms with Crippen molar-refractivity contribution in [2.75, 3.05) is 13.7 Å². The Labute approximate surface area is 133 Å². The van der Waals surface area contributed by atoms with E-state index in [1.54, 1.807) is 6.92 Å². The van der Waals surface area contributed by atoms with E-state index in [9.17, 15) is 14.7 Å². The number of aliphatic hydroxyl groups excluding tert-OH is 1. The smallest absolute Gasteiger partial charge is 0.328 e. The molecule has 0 saturated carbocycles. The van der Waals surface area contributed by atoms with Crippen LogP contribution in [0.15, 0.2) is 0 Å². The van der Waals surface area contributed by atoms with Crippen molar-refractivity contribution >= 4 is 20.2 Å². The van der Waals surface area contributed by atoms with E-state index in [2.05, 4.69) is 33.9 Å². The van der Waals surface area contributed by atoms with Crippen LogP contribution in [-0.4, -0.2) is 62.1 Å². The molecule has 0 unspecified atom stereocenters. The van der Waals surface area contributed by atoms with Crippen LogP contribution < -0.4 is 0 Å². The highest BCUT2D eigenvalue weighted by atomic mass is 28.4. The number of β-amino-alcohol motifs (C(OH)–C–C–N with tert-alkyl or cyclic N) is 1. The number of methoxy groups -OCH3 is 1. The molecule has 1 rings (SSSR count). The van der Waals surface area contributed by atoms with Gasteiger partial charge < -0.3 is 19.2 Å². The van der Waals surface area contributed by atoms with E-state index in [-0.39, 0.29) is 23.9 Å². The predicted octanol–water partition coefficient (Wildman–Crippen LogP) is 1.53. The lowest BCUT2D eigenvalue weighted by molar-refractivity contribution is -0.153. The Balaban J connectivity index is 2.83. The number of carbonyl (C=O) groups excluding carboxylic acids is 2. The van der Waals surface area contributed by atoms with E-state index in [4.69, 9.17) is 9.16 Å². The van der Waals surface area contributed by atoms with Crippen LogP contribution in [0.4, 0.5) is 0 Å². The second-order valence-electron chi connectivity index (χ2n) is 7.44. The molecule has 6 nitrogen and oxygen atoms in total. The van der Waals surface area contributed by atoms with E-state index >= 15 is 0 Å². The second-order valence-corrected chi connectivity index (χ2v) is 12.2. The van der Waals surface area contributed by atoms with Crippen molar-refractivity contribution in [3.63, 3.8) is 0 Å². The van der Waals surface area contributed by atoms with Gasteiger partial charge in [-0.15, -0.1) is 0 Å². The van der Waals surface area contributed by atoms with Crippen molar-refractivity contribution in [1.82, 2.24) is 4.90 Å². The standard InChI is InChI=1S/C15H29NO5Si/c1-10(21-22(6,7)15(2,3)4)13(18)16-9-11(17)8-12(16)14(19)20-5/h10-12,17H,8-9H2,1-7H3/t10-,11+,12-/m0/s1. The molecule has 22 heavy (non-hydrogen) atoms. The summed E-state index contributed by atoms with van der Waals surface area (Å²) in [5.41, 5.74) is 0. The van der Waals surface area contributed by atoms with Crippen LogP contribution in [0.3, 0.4) is 0 Å². The molecular weight excluding hydrogens is 302 g/mol. The molecule has 1 N–H and O–H groups in total. The second kappa shape index (κ2) is 6.68. The number of hydrogen-bond acceptors (Lipinski definition) is 5. The first-order valence-corrected chi connectivity index (χ1v) is 10.6. The van der Waals surface area contributed by atoms with Gasteiger partial charge in [0.2, 0.25) is 0 Å². The van der Waals surface area contributed by atoms with E-state index in [1.165, 1.54) is 12.0 Å². The molecule has 7 heteroatoms. The lowest BCUT2D eigenvalue weighted by Gasteiger charge is -2.39. The van der Waals surface area contributed by atoms with Crippen molar-refractivity contribution < 1.29 is 23.9 Å². The SMILES string of the molecule is COC(=O)[C@@H]1C[C@@H](O)CN1C(=O)[C@H](C)O[Si](C)(C)C(C)(C)C. The number of likely N-dealkylation sites (tertiary alicyclic amines) is 1. The number of esters is 1. The molecule has 0 spiro atoms. The number of aliphatic hydroxyl groups is 1. The summed E-state index contributed by atoms with van der Waals surface area (Å²) in [7, 11) is -0.799. The molecule has 0 aliphatic carbocycles. The quantitative estimate of drug-likeness (QED) is 0.624. The zero-order valence-corrected chi connectivity index (χ0v) is 15.7. The molecule has 1 saturated heterocycles. The van der Waals surface area contributed by atoms with Crippen molar-refractivity contribution in [2.24, 2.45) is 0 Å². The summed E-state index contributed by atoms with van der Waals surface area (Å²) in [6.07, 6.45) is -1.13. The Kier molecular flexibility index (Phi) is 5.81. The summed E-state index contributed by atoms with van der Waals surface area (Å²) >= 11 is 0.